The molecule has 1 aliphatic rings. The molecule has 38 heavy (non-hydrogen) atoms. The lowest BCUT2D eigenvalue weighted by molar-refractivity contribution is 0.221. The molecular weight excluding hydrogens is 527 g/mol. The van der Waals surface area contributed by atoms with Crippen LogP contribution in [-0.2, 0) is 10.0 Å². The maximum Gasteiger partial charge on any atom is 0.264 e. The van der Waals surface area contributed by atoms with Crippen LogP contribution in [0.5, 0.6) is 0 Å². The Morgan fingerprint density at radius 3 is 2.37 bits per heavy atom. The molecule has 0 aliphatic heterocycles. The molecule has 2 aromatic rings. The van der Waals surface area contributed by atoms with Crippen molar-refractivity contribution in [3.05, 3.63) is 77.0 Å². The molecule has 0 saturated heterocycles. The van der Waals surface area contributed by atoms with Gasteiger partial charge in [0.1, 0.15) is 4.90 Å². The molecule has 1 heterocycles. The molecule has 2 N–H and O–H groups in total. The molecule has 0 atom stereocenters. The molecule has 0 amide bonds. The van der Waals surface area contributed by atoms with Gasteiger partial charge in [0.2, 0.25) is 5.95 Å². The molecule has 1 fully saturated rings. The highest BCUT2D eigenvalue weighted by Gasteiger charge is 2.23. The number of benzene rings is 1. The highest BCUT2D eigenvalue weighted by Crippen LogP contribution is 2.24. The summed E-state index contributed by atoms with van der Waals surface area (Å²) in [5, 5.41) is 3.43. The Labute approximate surface area is 229 Å². The summed E-state index contributed by atoms with van der Waals surface area (Å²) in [6.07, 6.45) is 11.5. The number of rotatable bonds is 9. The second-order valence-corrected chi connectivity index (χ2v) is 11.5. The third-order valence-corrected chi connectivity index (χ3v) is 8.26. The molecule has 0 radical (unpaired) electrons. The minimum atomic E-state index is -4.16. The van der Waals surface area contributed by atoms with E-state index in [1.54, 1.807) is 44.5 Å². The number of anilines is 1. The van der Waals surface area contributed by atoms with E-state index in [0.717, 1.165) is 31.2 Å². The highest BCUT2D eigenvalue weighted by atomic mass is 35.5. The number of halogens is 2. The Kier molecular flexibility index (Phi) is 10.2. The maximum atomic E-state index is 14.1. The molecule has 3 rings (SSSR count). The Bertz CT molecular complexity index is 1330. The van der Waals surface area contributed by atoms with E-state index in [1.807, 2.05) is 0 Å². The van der Waals surface area contributed by atoms with Gasteiger partial charge in [-0.3, -0.25) is 4.72 Å². The van der Waals surface area contributed by atoms with Gasteiger partial charge in [-0.15, -0.1) is 0 Å². The fraction of sp³-hybridized carbons (Fsp3) is 0.370. The molecule has 1 aromatic heterocycles. The number of aromatic nitrogens is 2. The molecule has 1 aromatic carbocycles. The number of nitrogens with one attached hydrogen (secondary N) is 2. The summed E-state index contributed by atoms with van der Waals surface area (Å²) in [5.74, 6) is -0.947. The molecular formula is C27H34ClFN6O2S. The van der Waals surface area contributed by atoms with E-state index in [9.17, 15) is 12.8 Å². The van der Waals surface area contributed by atoms with Crippen LogP contribution in [0, 0.1) is 0 Å². The van der Waals surface area contributed by atoms with Crippen LogP contribution in [0.2, 0.25) is 5.02 Å². The standard InChI is InChI=1S/C27H34ClFN6O2S/c1-18(20(3)32-26(19(2)29)34-38(36,37)25-9-7-6-8-24(25)28)10-11-21-16-30-27(31-17-21)33-22-12-14-23(15-13-22)35(4)5/h6-11,16-17,22-23H,2,12-15H2,1,3-5H3,(H,32,34)(H,30,31,33)/b11-10+,20-18+/t22-,23-. The smallest absolute Gasteiger partial charge is 0.264 e. The van der Waals surface area contributed by atoms with Crippen molar-refractivity contribution in [3.8, 4) is 0 Å². The highest BCUT2D eigenvalue weighted by molar-refractivity contribution is 7.90. The quantitative estimate of drug-likeness (QED) is 0.236. The number of sulfonamides is 1. The third kappa shape index (κ3) is 8.21. The number of nitrogens with zero attached hydrogens (tertiary/aromatic N) is 4. The first kappa shape index (κ1) is 29.5. The van der Waals surface area contributed by atoms with Crippen LogP contribution < -0.4 is 10.0 Å². The summed E-state index contributed by atoms with van der Waals surface area (Å²) in [6, 6.07) is 6.86. The van der Waals surface area contributed by atoms with Gasteiger partial charge in [0, 0.05) is 35.7 Å². The average Bonchev–Trinajstić information content (AvgIpc) is 2.88. The van der Waals surface area contributed by atoms with Crippen LogP contribution in [-0.4, -0.2) is 55.3 Å². The largest absolute Gasteiger partial charge is 0.351 e. The topological polar surface area (TPSA) is 99.6 Å². The van der Waals surface area contributed by atoms with Gasteiger partial charge in [-0.25, -0.2) is 27.8 Å². The van der Waals surface area contributed by atoms with E-state index >= 15 is 0 Å². The summed E-state index contributed by atoms with van der Waals surface area (Å²) < 4.78 is 41.6. The molecule has 0 spiro atoms. The first-order valence-electron chi connectivity index (χ1n) is 12.3. The lowest BCUT2D eigenvalue weighted by Crippen LogP contribution is -2.36. The zero-order valence-electron chi connectivity index (χ0n) is 22.1. The van der Waals surface area contributed by atoms with Gasteiger partial charge in [-0.1, -0.05) is 42.5 Å². The van der Waals surface area contributed by atoms with Gasteiger partial charge in [0.05, 0.1) is 5.02 Å². The zero-order chi connectivity index (χ0) is 27.9. The van der Waals surface area contributed by atoms with E-state index in [1.165, 1.54) is 18.2 Å². The minimum absolute atomic E-state index is 0.00958. The van der Waals surface area contributed by atoms with Crippen LogP contribution in [0.4, 0.5) is 10.3 Å². The summed E-state index contributed by atoms with van der Waals surface area (Å²) >= 11 is 5.99. The summed E-state index contributed by atoms with van der Waals surface area (Å²) in [5.41, 5.74) is 1.85. The third-order valence-electron chi connectivity index (χ3n) is 6.42. The fourth-order valence-corrected chi connectivity index (χ4v) is 5.54. The van der Waals surface area contributed by atoms with Gasteiger partial charge >= 0.3 is 0 Å². The van der Waals surface area contributed by atoms with Crippen molar-refractivity contribution < 1.29 is 12.8 Å². The lowest BCUT2D eigenvalue weighted by Gasteiger charge is -2.32. The molecule has 1 aliphatic carbocycles. The van der Waals surface area contributed by atoms with E-state index in [2.05, 4.69) is 50.6 Å². The Hall–Kier alpha value is -3.08. The van der Waals surface area contributed by atoms with Crippen LogP contribution in [0.15, 0.2) is 76.3 Å². The minimum Gasteiger partial charge on any atom is -0.351 e. The Morgan fingerprint density at radius 2 is 1.79 bits per heavy atom. The van der Waals surface area contributed by atoms with Crippen molar-refractivity contribution >= 4 is 39.5 Å². The summed E-state index contributed by atoms with van der Waals surface area (Å²) in [6.45, 7) is 6.62. The maximum absolute atomic E-state index is 14.1. The first-order valence-corrected chi connectivity index (χ1v) is 14.1. The SMILES string of the molecule is C=C(F)\C(=N/C(C)=C(C)/C=C/c1cnc(N[C@H]2CC[C@H](N(C)C)CC2)nc1)NS(=O)(=O)c1ccccc1Cl. The van der Waals surface area contributed by atoms with Gasteiger partial charge in [-0.05, 0) is 71.3 Å². The van der Waals surface area contributed by atoms with E-state index in [0.29, 0.717) is 29.3 Å². The molecule has 0 bridgehead atoms. The fourth-order valence-electron chi connectivity index (χ4n) is 4.00. The second-order valence-electron chi connectivity index (χ2n) is 9.46. The number of allylic oxidation sites excluding steroid dienone is 3. The van der Waals surface area contributed by atoms with Crippen molar-refractivity contribution in [1.29, 1.82) is 0 Å². The normalized spacial score (nSPS) is 19.4. The van der Waals surface area contributed by atoms with E-state index < -0.39 is 21.7 Å². The lowest BCUT2D eigenvalue weighted by atomic mass is 9.91. The summed E-state index contributed by atoms with van der Waals surface area (Å²) in [7, 11) is 0.0856. The zero-order valence-corrected chi connectivity index (χ0v) is 23.7. The molecule has 204 valence electrons. The average molecular weight is 561 g/mol. The number of aliphatic imine (C=N–C) groups is 1. The van der Waals surface area contributed by atoms with Gasteiger partial charge < -0.3 is 10.2 Å². The predicted molar refractivity (Wildman–Crippen MR) is 152 cm³/mol. The van der Waals surface area contributed by atoms with Crippen LogP contribution in [0.3, 0.4) is 0 Å². The van der Waals surface area contributed by atoms with Crippen molar-refractivity contribution in [1.82, 2.24) is 19.6 Å². The van der Waals surface area contributed by atoms with E-state index in [-0.39, 0.29) is 9.92 Å². The number of amidine groups is 1. The van der Waals surface area contributed by atoms with Crippen molar-refractivity contribution in [2.75, 3.05) is 19.4 Å². The molecule has 8 nitrogen and oxygen atoms in total. The van der Waals surface area contributed by atoms with Crippen molar-refractivity contribution in [3.63, 3.8) is 0 Å². The number of hydrogen-bond donors (Lipinski definition) is 2. The Morgan fingerprint density at radius 1 is 1.16 bits per heavy atom. The van der Waals surface area contributed by atoms with Gasteiger partial charge in [0.15, 0.2) is 11.7 Å². The number of hydrogen-bond acceptors (Lipinski definition) is 7. The van der Waals surface area contributed by atoms with Crippen LogP contribution in [0.25, 0.3) is 6.08 Å². The Balaban J connectivity index is 1.66. The molecule has 0 unspecified atom stereocenters. The van der Waals surface area contributed by atoms with Crippen LogP contribution >= 0.6 is 11.6 Å². The van der Waals surface area contributed by atoms with Crippen LogP contribution in [0.1, 0.15) is 45.1 Å². The monoisotopic (exact) mass is 560 g/mol. The van der Waals surface area contributed by atoms with Gasteiger partial charge in [-0.2, -0.15) is 0 Å². The van der Waals surface area contributed by atoms with Crippen molar-refractivity contribution in [2.45, 2.75) is 56.5 Å². The van der Waals surface area contributed by atoms with Gasteiger partial charge in [0.25, 0.3) is 10.0 Å². The van der Waals surface area contributed by atoms with E-state index in [4.69, 9.17) is 11.6 Å². The molecule has 11 heteroatoms. The van der Waals surface area contributed by atoms with Crippen molar-refractivity contribution in [2.24, 2.45) is 4.99 Å². The molecule has 1 saturated carbocycles. The summed E-state index contributed by atoms with van der Waals surface area (Å²) in [4.78, 5) is 15.1. The first-order chi connectivity index (χ1) is 18.0. The predicted octanol–water partition coefficient (Wildman–Crippen LogP) is 5.58. The second kappa shape index (κ2) is 13.1.